The molecular weight excluding hydrogens is 1220 g/mol. The molecule has 9 aromatic carbocycles. The van der Waals surface area contributed by atoms with Gasteiger partial charge in [-0.15, -0.1) is 0 Å². The van der Waals surface area contributed by atoms with E-state index in [1.807, 2.05) is 182 Å². The van der Waals surface area contributed by atoms with Gasteiger partial charge in [-0.1, -0.05) is 119 Å². The van der Waals surface area contributed by atoms with Crippen molar-refractivity contribution in [2.24, 2.45) is 0 Å². The van der Waals surface area contributed by atoms with E-state index in [0.29, 0.717) is 78.2 Å². The summed E-state index contributed by atoms with van der Waals surface area (Å²) in [6.07, 6.45) is 2.75. The minimum atomic E-state index is -2.62. The minimum Gasteiger partial charge on any atom is -0.494 e. The number of hydrogen-bond acceptors (Lipinski definition) is 10. The summed E-state index contributed by atoms with van der Waals surface area (Å²) in [4.78, 5) is 34.8. The maximum atomic E-state index is 11.6. The van der Waals surface area contributed by atoms with Gasteiger partial charge in [0.1, 0.15) is 17.2 Å². The molecule has 9 aromatic rings. The lowest BCUT2D eigenvalue weighted by Crippen LogP contribution is -2.25. The zero-order valence-electron chi connectivity index (χ0n) is 53.3. The zero-order chi connectivity index (χ0) is 66.3. The van der Waals surface area contributed by atoms with Crippen LogP contribution in [0.1, 0.15) is 126 Å². The Morgan fingerprint density at radius 3 is 0.600 bits per heavy atom. The monoisotopic (exact) mass is 1280 g/mol. The largest absolute Gasteiger partial charge is 0.494 e. The SMILES string of the molecule is CCOC(=O)CCCOc1ccc(C#Cc2ccc(C#Cc3ccc(P(=S)(c4ccc(C#Cc5ccc(C#Cc6ccc(OCCCC(=O)OCC)cc6)cc5)cc4)c4ccc(C#Cc5ccc(C#Cc6ccc(OCCCC(=O)OCC)cc6)cc5)cc4)cc3)cc2)cc1. The third-order valence-corrected chi connectivity index (χ3v) is 19.3. The van der Waals surface area contributed by atoms with Gasteiger partial charge in [-0.25, -0.2) is 0 Å². The average Bonchev–Trinajstić information content (AvgIpc) is 1.03. The van der Waals surface area contributed by atoms with Gasteiger partial charge in [0, 0.05) is 92.1 Å². The van der Waals surface area contributed by atoms with E-state index in [0.717, 1.165) is 99.9 Å². The first kappa shape index (κ1) is 68.2. The van der Waals surface area contributed by atoms with Gasteiger partial charge in [0.05, 0.1) is 39.6 Å². The maximum absolute atomic E-state index is 11.6. The molecule has 0 unspecified atom stereocenters. The summed E-state index contributed by atoms with van der Waals surface area (Å²) < 4.78 is 32.3. The lowest BCUT2D eigenvalue weighted by Gasteiger charge is -2.24. The van der Waals surface area contributed by atoms with Crippen LogP contribution >= 0.6 is 6.04 Å². The predicted octanol–water partition coefficient (Wildman–Crippen LogP) is 14.0. The van der Waals surface area contributed by atoms with Crippen molar-refractivity contribution in [3.05, 3.63) is 285 Å². The lowest BCUT2D eigenvalue weighted by molar-refractivity contribution is -0.144. The highest BCUT2D eigenvalue weighted by atomic mass is 32.4. The van der Waals surface area contributed by atoms with Gasteiger partial charge in [-0.3, -0.25) is 14.4 Å². The van der Waals surface area contributed by atoms with E-state index in [4.69, 9.17) is 40.2 Å². The molecule has 0 aliphatic carbocycles. The Balaban J connectivity index is 0.861. The highest BCUT2D eigenvalue weighted by Gasteiger charge is 2.25. The molecule has 0 amide bonds. The highest BCUT2D eigenvalue weighted by Crippen LogP contribution is 2.43. The first-order valence-electron chi connectivity index (χ1n) is 31.5. The molecule has 0 aromatic heterocycles. The van der Waals surface area contributed by atoms with Crippen molar-refractivity contribution in [1.29, 1.82) is 0 Å². The molecule has 0 bridgehead atoms. The summed E-state index contributed by atoms with van der Waals surface area (Å²) >= 11 is 6.88. The number of esters is 3. The van der Waals surface area contributed by atoms with Gasteiger partial charge in [-0.05, 0) is 238 Å². The molecule has 0 saturated carbocycles. The van der Waals surface area contributed by atoms with E-state index >= 15 is 0 Å². The maximum Gasteiger partial charge on any atom is 0.305 e. The molecule has 0 heterocycles. The average molecular weight is 1290 g/mol. The molecule has 0 N–H and O–H groups in total. The van der Waals surface area contributed by atoms with Crippen LogP contribution in [-0.4, -0.2) is 57.5 Å². The smallest absolute Gasteiger partial charge is 0.305 e. The lowest BCUT2D eigenvalue weighted by atomic mass is 10.1. The molecule has 0 saturated heterocycles. The predicted molar refractivity (Wildman–Crippen MR) is 381 cm³/mol. The Kier molecular flexibility index (Phi) is 25.9. The van der Waals surface area contributed by atoms with Crippen molar-refractivity contribution < 1.29 is 42.8 Å². The van der Waals surface area contributed by atoms with Crippen molar-refractivity contribution in [2.45, 2.75) is 59.3 Å². The number of hydrogen-bond donors (Lipinski definition) is 0. The zero-order valence-corrected chi connectivity index (χ0v) is 55.0. The van der Waals surface area contributed by atoms with Gasteiger partial charge in [0.2, 0.25) is 0 Å². The second-order valence-electron chi connectivity index (χ2n) is 21.3. The van der Waals surface area contributed by atoms with Crippen LogP contribution in [0.5, 0.6) is 17.2 Å². The standard InChI is InChI=1S/C84H69O9PS/c1-4-88-82(85)10-7-61-91-76-49-37-70(38-50-76)31-25-64-13-19-67(20-14-64)28-34-73-43-55-79(56-44-73)94(95,80-57-45-74(46-58-80)35-29-68-21-15-65(16-22-68)26-32-71-39-51-77(52-40-71)92-62-8-11-83(86)89-5-2)81-59-47-75(48-60-81)36-30-69-23-17-66(18-24-69)27-33-72-41-53-78(54-42-72)93-63-9-12-84(87)90-6-3/h13-24,37-60H,4-12,61-63H2,1-3H3. The summed E-state index contributed by atoms with van der Waals surface area (Å²) in [5.41, 5.74) is 10.4. The third kappa shape index (κ3) is 22.0. The van der Waals surface area contributed by atoms with Crippen molar-refractivity contribution in [1.82, 2.24) is 0 Å². The van der Waals surface area contributed by atoms with E-state index in [1.165, 1.54) is 0 Å². The Morgan fingerprint density at radius 1 is 0.274 bits per heavy atom. The summed E-state index contributed by atoms with van der Waals surface area (Å²) in [6, 6.07) is 68.7. The number of rotatable bonds is 21. The van der Waals surface area contributed by atoms with Crippen LogP contribution in [0.4, 0.5) is 0 Å². The Hall–Kier alpha value is -11.2. The van der Waals surface area contributed by atoms with Crippen LogP contribution in [0.15, 0.2) is 218 Å². The van der Waals surface area contributed by atoms with E-state index in [1.54, 1.807) is 20.8 Å². The number of carbonyl (C=O) groups is 3. The van der Waals surface area contributed by atoms with Crippen molar-refractivity contribution >= 4 is 51.7 Å². The van der Waals surface area contributed by atoms with Crippen molar-refractivity contribution in [3.8, 4) is 88.3 Å². The number of benzene rings is 9. The molecule has 0 fully saturated rings. The molecule has 9 nitrogen and oxygen atoms in total. The fourth-order valence-corrected chi connectivity index (χ4v) is 13.0. The second kappa shape index (κ2) is 36.1. The number of ether oxygens (including phenoxy) is 6. The third-order valence-electron chi connectivity index (χ3n) is 14.3. The van der Waals surface area contributed by atoms with Gasteiger partial charge in [0.15, 0.2) is 0 Å². The molecule has 9 rings (SSSR count). The normalized spacial score (nSPS) is 10.2. The van der Waals surface area contributed by atoms with Gasteiger partial charge < -0.3 is 28.4 Å². The van der Waals surface area contributed by atoms with Crippen LogP contribution in [0, 0.1) is 71.0 Å². The molecule has 0 spiro atoms. The quantitative estimate of drug-likeness (QED) is 0.0227. The van der Waals surface area contributed by atoms with E-state index in [-0.39, 0.29) is 17.9 Å². The fraction of sp³-hybridized carbons (Fsp3) is 0.179. The molecule has 0 aliphatic heterocycles. The molecule has 95 heavy (non-hydrogen) atoms. The first-order chi connectivity index (χ1) is 46.5. The van der Waals surface area contributed by atoms with E-state index in [9.17, 15) is 14.4 Å². The van der Waals surface area contributed by atoms with Crippen LogP contribution in [0.3, 0.4) is 0 Å². The molecule has 0 radical (unpaired) electrons. The summed E-state index contributed by atoms with van der Waals surface area (Å²) in [6.45, 7) is 7.81. The Morgan fingerprint density at radius 2 is 0.432 bits per heavy atom. The van der Waals surface area contributed by atoms with Crippen LogP contribution in [-0.2, 0) is 40.4 Å². The number of carbonyl (C=O) groups excluding carboxylic acids is 3. The summed E-state index contributed by atoms with van der Waals surface area (Å²) in [5.74, 6) is 40.9. The fourth-order valence-electron chi connectivity index (χ4n) is 9.31. The molecule has 0 atom stereocenters. The van der Waals surface area contributed by atoms with Crippen molar-refractivity contribution in [2.75, 3.05) is 39.6 Å². The first-order valence-corrected chi connectivity index (χ1v) is 34.3. The highest BCUT2D eigenvalue weighted by molar-refractivity contribution is 8.25. The summed E-state index contributed by atoms with van der Waals surface area (Å²) in [5, 5.41) is 3.07. The molecule has 0 aliphatic rings. The molecular formula is C84H69O9PS. The van der Waals surface area contributed by atoms with Crippen LogP contribution < -0.4 is 30.1 Å². The topological polar surface area (TPSA) is 107 Å². The van der Waals surface area contributed by atoms with E-state index < -0.39 is 6.04 Å². The summed E-state index contributed by atoms with van der Waals surface area (Å²) in [7, 11) is 0. The van der Waals surface area contributed by atoms with Gasteiger partial charge in [0.25, 0.3) is 0 Å². The molecule has 470 valence electrons. The van der Waals surface area contributed by atoms with Crippen LogP contribution in [0.25, 0.3) is 0 Å². The Labute approximate surface area is 563 Å². The van der Waals surface area contributed by atoms with Gasteiger partial charge >= 0.3 is 17.9 Å². The second-order valence-corrected chi connectivity index (χ2v) is 25.7. The van der Waals surface area contributed by atoms with Crippen molar-refractivity contribution in [3.63, 3.8) is 0 Å². The Bertz CT molecular complexity index is 4040. The van der Waals surface area contributed by atoms with E-state index in [2.05, 4.69) is 107 Å². The van der Waals surface area contributed by atoms with Gasteiger partial charge in [-0.2, -0.15) is 0 Å². The minimum absolute atomic E-state index is 0.214. The molecule has 11 heteroatoms. The van der Waals surface area contributed by atoms with Crippen LogP contribution in [0.2, 0.25) is 0 Å².